The van der Waals surface area contributed by atoms with E-state index in [-0.39, 0.29) is 18.9 Å². The Kier molecular flexibility index (Phi) is 7.15. The van der Waals surface area contributed by atoms with E-state index in [1.165, 1.54) is 0 Å². The smallest absolute Gasteiger partial charge is 0.408 e. The van der Waals surface area contributed by atoms with E-state index < -0.39 is 11.7 Å². The van der Waals surface area contributed by atoms with Crippen molar-refractivity contribution >= 4 is 23.5 Å². The zero-order valence-electron chi connectivity index (χ0n) is 19.9. The van der Waals surface area contributed by atoms with Crippen molar-refractivity contribution in [1.29, 1.82) is 0 Å². The summed E-state index contributed by atoms with van der Waals surface area (Å²) in [7, 11) is 1.58. The van der Waals surface area contributed by atoms with Crippen LogP contribution in [0.15, 0.2) is 24.3 Å². The first-order valence-corrected chi connectivity index (χ1v) is 10.7. The third-order valence-electron chi connectivity index (χ3n) is 4.84. The van der Waals surface area contributed by atoms with E-state index in [1.54, 1.807) is 38.5 Å². The van der Waals surface area contributed by atoms with Crippen molar-refractivity contribution in [2.75, 3.05) is 12.4 Å². The van der Waals surface area contributed by atoms with Crippen LogP contribution < -0.4 is 15.4 Å². The second-order valence-corrected chi connectivity index (χ2v) is 8.64. The highest BCUT2D eigenvalue weighted by molar-refractivity contribution is 5.91. The van der Waals surface area contributed by atoms with Crippen LogP contribution in [0.2, 0.25) is 0 Å². The SMILES string of the molecule is COc1cccc(NC(=O)CCc2c(C)nc3nc(CNC(=O)OC(C)(C)C)nn3c2C)c1. The quantitative estimate of drug-likeness (QED) is 0.562. The van der Waals surface area contributed by atoms with Crippen LogP contribution in [-0.4, -0.2) is 44.3 Å². The number of ether oxygens (including phenoxy) is 2. The molecule has 2 N–H and O–H groups in total. The normalized spacial score (nSPS) is 11.3. The molecule has 0 spiro atoms. The summed E-state index contributed by atoms with van der Waals surface area (Å²) in [5.74, 6) is 1.43. The first kappa shape index (κ1) is 24.0. The van der Waals surface area contributed by atoms with Gasteiger partial charge in [-0.15, -0.1) is 5.10 Å². The van der Waals surface area contributed by atoms with E-state index in [2.05, 4.69) is 25.7 Å². The van der Waals surface area contributed by atoms with E-state index in [4.69, 9.17) is 9.47 Å². The maximum absolute atomic E-state index is 12.5. The van der Waals surface area contributed by atoms with Gasteiger partial charge >= 0.3 is 6.09 Å². The summed E-state index contributed by atoms with van der Waals surface area (Å²) >= 11 is 0. The molecule has 10 heteroatoms. The highest BCUT2D eigenvalue weighted by atomic mass is 16.6. The molecular formula is C23H30N6O4. The Bertz CT molecular complexity index is 1170. The summed E-state index contributed by atoms with van der Waals surface area (Å²) in [5.41, 5.74) is 2.66. The van der Waals surface area contributed by atoms with Crippen LogP contribution in [0.1, 0.15) is 50.0 Å². The summed E-state index contributed by atoms with van der Waals surface area (Å²) < 4.78 is 12.1. The number of anilines is 1. The van der Waals surface area contributed by atoms with Crippen LogP contribution in [0, 0.1) is 13.8 Å². The van der Waals surface area contributed by atoms with Gasteiger partial charge in [0, 0.05) is 29.6 Å². The fourth-order valence-corrected chi connectivity index (χ4v) is 3.31. The van der Waals surface area contributed by atoms with Crippen LogP contribution >= 0.6 is 0 Å². The number of amides is 2. The van der Waals surface area contributed by atoms with Crippen molar-refractivity contribution in [2.24, 2.45) is 0 Å². The largest absolute Gasteiger partial charge is 0.497 e. The van der Waals surface area contributed by atoms with Gasteiger partial charge in [0.15, 0.2) is 5.82 Å². The molecule has 0 aliphatic carbocycles. The number of aryl methyl sites for hydroxylation is 2. The van der Waals surface area contributed by atoms with Crippen molar-refractivity contribution in [1.82, 2.24) is 24.9 Å². The number of carbonyl (C=O) groups excluding carboxylic acids is 2. The number of rotatable bonds is 7. The number of benzene rings is 1. The van der Waals surface area contributed by atoms with Crippen LogP contribution in [0.3, 0.4) is 0 Å². The molecule has 10 nitrogen and oxygen atoms in total. The van der Waals surface area contributed by atoms with Crippen molar-refractivity contribution in [3.05, 3.63) is 47.0 Å². The summed E-state index contributed by atoms with van der Waals surface area (Å²) in [6.07, 6.45) is 0.250. The fraction of sp³-hybridized carbons (Fsp3) is 0.435. The van der Waals surface area contributed by atoms with E-state index in [0.717, 1.165) is 17.0 Å². The molecule has 0 atom stereocenters. The van der Waals surface area contributed by atoms with Crippen molar-refractivity contribution in [2.45, 2.75) is 59.6 Å². The number of carbonyl (C=O) groups is 2. The standard InChI is InChI=1S/C23H30N6O4/c1-14-18(10-11-20(30)26-16-8-7-9-17(12-16)32-6)15(2)29-21(25-14)27-19(28-29)13-24-22(31)33-23(3,4)5/h7-9,12H,10-11,13H2,1-6H3,(H,24,31)(H,26,30). The van der Waals surface area contributed by atoms with Gasteiger partial charge in [0.1, 0.15) is 11.4 Å². The van der Waals surface area contributed by atoms with Crippen LogP contribution in [0.5, 0.6) is 5.75 Å². The molecule has 0 aliphatic rings. The highest BCUT2D eigenvalue weighted by Crippen LogP contribution is 2.19. The van der Waals surface area contributed by atoms with Gasteiger partial charge in [0.2, 0.25) is 5.91 Å². The molecule has 2 aromatic heterocycles. The molecule has 0 bridgehead atoms. The number of hydrogen-bond donors (Lipinski definition) is 2. The van der Waals surface area contributed by atoms with Gasteiger partial charge < -0.3 is 20.1 Å². The third kappa shape index (κ3) is 6.41. The molecule has 2 heterocycles. The third-order valence-corrected chi connectivity index (χ3v) is 4.84. The average Bonchev–Trinajstić information content (AvgIpc) is 3.14. The first-order chi connectivity index (χ1) is 15.6. The number of nitrogens with zero attached hydrogens (tertiary/aromatic N) is 4. The lowest BCUT2D eigenvalue weighted by molar-refractivity contribution is -0.116. The Labute approximate surface area is 192 Å². The molecule has 0 saturated heterocycles. The number of hydrogen-bond acceptors (Lipinski definition) is 7. The predicted molar refractivity (Wildman–Crippen MR) is 123 cm³/mol. The average molecular weight is 455 g/mol. The van der Waals surface area contributed by atoms with Crippen molar-refractivity contribution in [3.63, 3.8) is 0 Å². The maximum atomic E-state index is 12.5. The fourth-order valence-electron chi connectivity index (χ4n) is 3.31. The second-order valence-electron chi connectivity index (χ2n) is 8.64. The topological polar surface area (TPSA) is 120 Å². The lowest BCUT2D eigenvalue weighted by Crippen LogP contribution is -2.32. The van der Waals surface area contributed by atoms with E-state index >= 15 is 0 Å². The van der Waals surface area contributed by atoms with Gasteiger partial charge in [-0.25, -0.2) is 14.3 Å². The number of fused-ring (bicyclic) bond motifs is 1. The molecular weight excluding hydrogens is 424 g/mol. The Morgan fingerprint density at radius 1 is 1.15 bits per heavy atom. The molecule has 0 radical (unpaired) electrons. The monoisotopic (exact) mass is 454 g/mol. The molecule has 0 saturated carbocycles. The zero-order valence-corrected chi connectivity index (χ0v) is 19.9. The second kappa shape index (κ2) is 9.85. The Balaban J connectivity index is 1.67. The summed E-state index contributed by atoms with van der Waals surface area (Å²) in [5, 5.41) is 9.99. The molecule has 3 rings (SSSR count). The minimum atomic E-state index is -0.584. The molecule has 2 amide bonds. The Hall–Kier alpha value is -3.69. The van der Waals surface area contributed by atoms with Crippen LogP contribution in [-0.2, 0) is 22.5 Å². The summed E-state index contributed by atoms with van der Waals surface area (Å²) in [4.78, 5) is 33.3. The van der Waals surface area contributed by atoms with Crippen molar-refractivity contribution < 1.29 is 19.1 Å². The lowest BCUT2D eigenvalue weighted by atomic mass is 10.1. The molecule has 0 unspecified atom stereocenters. The minimum absolute atomic E-state index is 0.108. The number of nitrogens with one attached hydrogen (secondary N) is 2. The summed E-state index contributed by atoms with van der Waals surface area (Å²) in [6, 6.07) is 7.22. The molecule has 33 heavy (non-hydrogen) atoms. The molecule has 1 aromatic carbocycles. The highest BCUT2D eigenvalue weighted by Gasteiger charge is 2.18. The van der Waals surface area contributed by atoms with Crippen LogP contribution in [0.25, 0.3) is 5.78 Å². The molecule has 176 valence electrons. The van der Waals surface area contributed by atoms with E-state index in [0.29, 0.717) is 29.5 Å². The predicted octanol–water partition coefficient (Wildman–Crippen LogP) is 3.35. The summed E-state index contributed by atoms with van der Waals surface area (Å²) in [6.45, 7) is 9.31. The van der Waals surface area contributed by atoms with Gasteiger partial charge in [-0.1, -0.05) is 6.07 Å². The van der Waals surface area contributed by atoms with Gasteiger partial charge in [-0.05, 0) is 58.7 Å². The Morgan fingerprint density at radius 2 is 1.91 bits per heavy atom. The minimum Gasteiger partial charge on any atom is -0.497 e. The lowest BCUT2D eigenvalue weighted by Gasteiger charge is -2.19. The molecule has 0 fully saturated rings. The Morgan fingerprint density at radius 3 is 2.61 bits per heavy atom. The molecule has 3 aromatic rings. The van der Waals surface area contributed by atoms with Crippen molar-refractivity contribution in [3.8, 4) is 5.75 Å². The first-order valence-electron chi connectivity index (χ1n) is 10.7. The van der Waals surface area contributed by atoms with Crippen LogP contribution in [0.4, 0.5) is 10.5 Å². The van der Waals surface area contributed by atoms with E-state index in [9.17, 15) is 9.59 Å². The van der Waals surface area contributed by atoms with Gasteiger partial charge in [-0.2, -0.15) is 4.98 Å². The number of alkyl carbamates (subject to hydrolysis) is 1. The number of aromatic nitrogens is 4. The van der Waals surface area contributed by atoms with Gasteiger partial charge in [-0.3, -0.25) is 4.79 Å². The van der Waals surface area contributed by atoms with Gasteiger partial charge in [0.25, 0.3) is 5.78 Å². The van der Waals surface area contributed by atoms with E-state index in [1.807, 2.05) is 32.0 Å². The number of methoxy groups -OCH3 is 1. The zero-order chi connectivity index (χ0) is 24.2. The maximum Gasteiger partial charge on any atom is 0.408 e. The molecule has 0 aliphatic heterocycles. The van der Waals surface area contributed by atoms with Gasteiger partial charge in [0.05, 0.1) is 13.7 Å².